The lowest BCUT2D eigenvalue weighted by Gasteiger charge is -2.41. The molecule has 5 heteroatoms. The fourth-order valence-electron chi connectivity index (χ4n) is 3.88. The molecule has 2 aromatic rings. The van der Waals surface area contributed by atoms with Crippen molar-refractivity contribution in [3.05, 3.63) is 54.6 Å². The van der Waals surface area contributed by atoms with Crippen LogP contribution in [0.3, 0.4) is 0 Å². The molecule has 2 aromatic carbocycles. The molecular formula is C22H25N2O3-. The van der Waals surface area contributed by atoms with Gasteiger partial charge in [-0.15, -0.1) is 0 Å². The second kappa shape index (κ2) is 7.06. The summed E-state index contributed by atoms with van der Waals surface area (Å²) in [6.45, 7) is 5.36. The van der Waals surface area contributed by atoms with E-state index in [0.717, 1.165) is 11.4 Å². The summed E-state index contributed by atoms with van der Waals surface area (Å²) in [6.07, 6.45) is 0.983. The number of amides is 1. The summed E-state index contributed by atoms with van der Waals surface area (Å²) in [5.74, 6) is -1.60. The number of hydrogen-bond donors (Lipinski definition) is 2. The van der Waals surface area contributed by atoms with Crippen LogP contribution in [-0.4, -0.2) is 11.9 Å². The first-order chi connectivity index (χ1) is 12.7. The van der Waals surface area contributed by atoms with Crippen molar-refractivity contribution in [1.29, 1.82) is 0 Å². The first-order valence-electron chi connectivity index (χ1n) is 9.18. The van der Waals surface area contributed by atoms with E-state index >= 15 is 0 Å². The average Bonchev–Trinajstić information content (AvgIpc) is 2.88. The molecule has 142 valence electrons. The van der Waals surface area contributed by atoms with Crippen molar-refractivity contribution in [3.8, 4) is 0 Å². The van der Waals surface area contributed by atoms with Crippen LogP contribution in [0.5, 0.6) is 0 Å². The summed E-state index contributed by atoms with van der Waals surface area (Å²) in [7, 11) is 0. The molecule has 2 N–H and O–H groups in total. The van der Waals surface area contributed by atoms with Gasteiger partial charge in [0.25, 0.3) is 0 Å². The Morgan fingerprint density at radius 1 is 0.926 bits per heavy atom. The minimum Gasteiger partial charge on any atom is -0.550 e. The molecule has 1 saturated carbocycles. The Kier molecular flexibility index (Phi) is 4.96. The Bertz CT molecular complexity index is 830. The van der Waals surface area contributed by atoms with Gasteiger partial charge in [0.2, 0.25) is 5.91 Å². The van der Waals surface area contributed by atoms with Gasteiger partial charge in [0.1, 0.15) is 0 Å². The lowest BCUT2D eigenvalue weighted by Crippen LogP contribution is -2.49. The van der Waals surface area contributed by atoms with E-state index in [2.05, 4.69) is 10.6 Å². The number of aliphatic carboxylic acids is 1. The number of nitrogens with one attached hydrogen (secondary N) is 2. The molecule has 5 nitrogen and oxygen atoms in total. The largest absolute Gasteiger partial charge is 0.550 e. The highest BCUT2D eigenvalue weighted by Gasteiger charge is 2.54. The van der Waals surface area contributed by atoms with Gasteiger partial charge in [-0.1, -0.05) is 39.0 Å². The van der Waals surface area contributed by atoms with Crippen LogP contribution in [0.25, 0.3) is 0 Å². The van der Waals surface area contributed by atoms with Crippen molar-refractivity contribution >= 4 is 28.9 Å². The molecule has 27 heavy (non-hydrogen) atoms. The molecule has 0 bridgehead atoms. The minimum absolute atomic E-state index is 0.145. The van der Waals surface area contributed by atoms with Crippen molar-refractivity contribution in [3.63, 3.8) is 0 Å². The van der Waals surface area contributed by atoms with Gasteiger partial charge in [-0.25, -0.2) is 0 Å². The predicted octanol–water partition coefficient (Wildman–Crippen LogP) is 3.56. The maximum Gasteiger partial charge on any atom is 0.228 e. The number of para-hydroxylation sites is 1. The van der Waals surface area contributed by atoms with Gasteiger partial charge in [0, 0.05) is 34.4 Å². The molecule has 0 aliphatic heterocycles. The maximum absolute atomic E-state index is 12.8. The Hall–Kier alpha value is -2.82. The van der Waals surface area contributed by atoms with Crippen LogP contribution in [0, 0.1) is 16.7 Å². The number of carboxylic acids is 1. The molecule has 0 spiro atoms. The highest BCUT2D eigenvalue weighted by Crippen LogP contribution is 2.55. The van der Waals surface area contributed by atoms with Crippen LogP contribution >= 0.6 is 0 Å². The summed E-state index contributed by atoms with van der Waals surface area (Å²) in [4.78, 5) is 24.4. The molecule has 0 saturated heterocycles. The SMILES string of the molecule is CC1(C)[C@@H](C(=O)Nc2ccc(Nc3ccccc3)cc2)CC[C@]1(C)C(=O)[O-]. The van der Waals surface area contributed by atoms with Crippen molar-refractivity contribution in [2.75, 3.05) is 10.6 Å². The zero-order valence-corrected chi connectivity index (χ0v) is 15.9. The van der Waals surface area contributed by atoms with Gasteiger partial charge in [-0.3, -0.25) is 4.79 Å². The summed E-state index contributed by atoms with van der Waals surface area (Å²) < 4.78 is 0. The zero-order chi connectivity index (χ0) is 19.7. The van der Waals surface area contributed by atoms with E-state index in [0.29, 0.717) is 18.5 Å². The molecule has 3 rings (SSSR count). The quantitative estimate of drug-likeness (QED) is 0.849. The normalized spacial score (nSPS) is 23.6. The van der Waals surface area contributed by atoms with E-state index < -0.39 is 16.8 Å². The number of hydrogen-bond acceptors (Lipinski definition) is 4. The second-order valence-electron chi connectivity index (χ2n) is 7.99. The highest BCUT2D eigenvalue weighted by molar-refractivity contribution is 5.94. The van der Waals surface area contributed by atoms with Crippen molar-refractivity contribution < 1.29 is 14.7 Å². The van der Waals surface area contributed by atoms with Crippen molar-refractivity contribution in [2.24, 2.45) is 16.7 Å². The maximum atomic E-state index is 12.8. The standard InChI is InChI=1S/C22H26N2O3/c1-21(2)18(13-14-22(21,3)20(26)27)19(25)24-17-11-9-16(10-12-17)23-15-7-5-4-6-8-15/h4-12,18,23H,13-14H2,1-3H3,(H,24,25)(H,26,27)/p-1/t18-,22-/m1/s1. The Balaban J connectivity index is 1.67. The van der Waals surface area contributed by atoms with E-state index in [-0.39, 0.29) is 11.8 Å². The van der Waals surface area contributed by atoms with Crippen molar-refractivity contribution in [1.82, 2.24) is 0 Å². The van der Waals surface area contributed by atoms with Crippen molar-refractivity contribution in [2.45, 2.75) is 33.6 Å². The number of carboxylic acid groups (broad SMARTS) is 1. The van der Waals surface area contributed by atoms with Crippen LogP contribution in [0.2, 0.25) is 0 Å². The summed E-state index contributed by atoms with van der Waals surface area (Å²) in [6, 6.07) is 17.3. The number of carbonyl (C=O) groups is 2. The van der Waals surface area contributed by atoms with E-state index in [1.165, 1.54) is 0 Å². The number of benzene rings is 2. The Labute approximate surface area is 159 Å². The summed E-state index contributed by atoms with van der Waals surface area (Å²) in [5, 5.41) is 17.8. The van der Waals surface area contributed by atoms with E-state index in [4.69, 9.17) is 0 Å². The van der Waals surface area contributed by atoms with Crippen LogP contribution in [0.1, 0.15) is 33.6 Å². The van der Waals surface area contributed by atoms with E-state index in [1.807, 2.05) is 68.4 Å². The van der Waals surface area contributed by atoms with Gasteiger partial charge < -0.3 is 20.5 Å². The zero-order valence-electron chi connectivity index (χ0n) is 15.9. The minimum atomic E-state index is -1.08. The number of rotatable bonds is 5. The first kappa shape index (κ1) is 19.0. The fraction of sp³-hybridized carbons (Fsp3) is 0.364. The van der Waals surface area contributed by atoms with Crippen LogP contribution in [-0.2, 0) is 9.59 Å². The Morgan fingerprint density at radius 2 is 1.48 bits per heavy atom. The molecular weight excluding hydrogens is 340 g/mol. The van der Waals surface area contributed by atoms with E-state index in [9.17, 15) is 14.7 Å². The molecule has 0 aromatic heterocycles. The molecule has 2 atom stereocenters. The van der Waals surface area contributed by atoms with E-state index in [1.54, 1.807) is 6.92 Å². The lowest BCUT2D eigenvalue weighted by atomic mass is 9.65. The van der Waals surface area contributed by atoms with Gasteiger partial charge in [0.05, 0.1) is 0 Å². The first-order valence-corrected chi connectivity index (χ1v) is 9.18. The number of anilines is 3. The topological polar surface area (TPSA) is 81.3 Å². The van der Waals surface area contributed by atoms with Gasteiger partial charge >= 0.3 is 0 Å². The fourth-order valence-corrected chi connectivity index (χ4v) is 3.88. The average molecular weight is 365 g/mol. The summed E-state index contributed by atoms with van der Waals surface area (Å²) >= 11 is 0. The monoisotopic (exact) mass is 365 g/mol. The summed E-state index contributed by atoms with van der Waals surface area (Å²) in [5.41, 5.74) is 0.924. The van der Waals surface area contributed by atoms with Gasteiger partial charge in [-0.2, -0.15) is 0 Å². The molecule has 1 amide bonds. The molecule has 0 unspecified atom stereocenters. The molecule has 1 fully saturated rings. The third-order valence-electron chi connectivity index (χ3n) is 6.21. The smallest absolute Gasteiger partial charge is 0.228 e. The molecule has 0 radical (unpaired) electrons. The number of carbonyl (C=O) groups excluding carboxylic acids is 2. The van der Waals surface area contributed by atoms with Crippen LogP contribution < -0.4 is 15.7 Å². The second-order valence-corrected chi connectivity index (χ2v) is 7.99. The molecule has 1 aliphatic carbocycles. The third-order valence-corrected chi connectivity index (χ3v) is 6.21. The van der Waals surface area contributed by atoms with Gasteiger partial charge in [0.15, 0.2) is 0 Å². The molecule has 1 aliphatic rings. The van der Waals surface area contributed by atoms with Crippen LogP contribution in [0.15, 0.2) is 54.6 Å². The predicted molar refractivity (Wildman–Crippen MR) is 104 cm³/mol. The Morgan fingerprint density at radius 3 is 2.04 bits per heavy atom. The molecule has 0 heterocycles. The lowest BCUT2D eigenvalue weighted by molar-refractivity contribution is -0.323. The van der Waals surface area contributed by atoms with Crippen LogP contribution in [0.4, 0.5) is 17.1 Å². The highest BCUT2D eigenvalue weighted by atomic mass is 16.4. The third kappa shape index (κ3) is 3.54. The van der Waals surface area contributed by atoms with Gasteiger partial charge in [-0.05, 0) is 54.7 Å².